The number of aromatic nitrogens is 2. The van der Waals surface area contributed by atoms with Gasteiger partial charge < -0.3 is 15.8 Å². The number of nitrogens with zero attached hydrogens (tertiary/aromatic N) is 2. The van der Waals surface area contributed by atoms with Crippen LogP contribution in [0, 0.1) is 5.92 Å². The first-order valence-electron chi connectivity index (χ1n) is 5.54. The normalized spacial score (nSPS) is 12.6. The van der Waals surface area contributed by atoms with Crippen LogP contribution in [0.25, 0.3) is 0 Å². The zero-order valence-electron chi connectivity index (χ0n) is 10.1. The highest BCUT2D eigenvalue weighted by Crippen LogP contribution is 2.12. The second kappa shape index (κ2) is 6.27. The van der Waals surface area contributed by atoms with Crippen LogP contribution in [0.2, 0.25) is 0 Å². The van der Waals surface area contributed by atoms with Gasteiger partial charge in [0.2, 0.25) is 5.88 Å². The van der Waals surface area contributed by atoms with E-state index in [4.69, 9.17) is 10.5 Å². The van der Waals surface area contributed by atoms with Gasteiger partial charge in [-0.15, -0.1) is 0 Å². The van der Waals surface area contributed by atoms with Gasteiger partial charge in [0.15, 0.2) is 0 Å². The van der Waals surface area contributed by atoms with Gasteiger partial charge in [-0.3, -0.25) is 0 Å². The van der Waals surface area contributed by atoms with E-state index in [9.17, 15) is 0 Å². The Hall–Kier alpha value is -1.36. The summed E-state index contributed by atoms with van der Waals surface area (Å²) in [5.41, 5.74) is 5.53. The lowest BCUT2D eigenvalue weighted by Gasteiger charge is -2.12. The van der Waals surface area contributed by atoms with E-state index < -0.39 is 0 Å². The molecule has 0 aliphatic rings. The van der Waals surface area contributed by atoms with Crippen LogP contribution in [0.4, 0.5) is 5.82 Å². The SMILES string of the molecule is CC(CN)CNc1cc(OC(C)C)ncn1. The Morgan fingerprint density at radius 3 is 2.75 bits per heavy atom. The van der Waals surface area contributed by atoms with Crippen molar-refractivity contribution in [3.8, 4) is 5.88 Å². The van der Waals surface area contributed by atoms with Crippen LogP contribution in [0.3, 0.4) is 0 Å². The summed E-state index contributed by atoms with van der Waals surface area (Å²) in [5, 5.41) is 3.20. The Morgan fingerprint density at radius 2 is 2.12 bits per heavy atom. The Balaban J connectivity index is 2.53. The fourth-order valence-electron chi connectivity index (χ4n) is 1.10. The summed E-state index contributed by atoms with van der Waals surface area (Å²) in [4.78, 5) is 8.14. The third kappa shape index (κ3) is 4.44. The Bertz CT molecular complexity index is 317. The van der Waals surface area contributed by atoms with Crippen molar-refractivity contribution < 1.29 is 4.74 Å². The molecule has 0 bridgehead atoms. The summed E-state index contributed by atoms with van der Waals surface area (Å²) in [6.07, 6.45) is 1.61. The van der Waals surface area contributed by atoms with Crippen LogP contribution < -0.4 is 15.8 Å². The second-order valence-electron chi connectivity index (χ2n) is 4.13. The third-order valence-electron chi connectivity index (χ3n) is 2.03. The van der Waals surface area contributed by atoms with Gasteiger partial charge in [0.05, 0.1) is 6.10 Å². The maximum Gasteiger partial charge on any atom is 0.218 e. The molecule has 1 aromatic rings. The highest BCUT2D eigenvalue weighted by molar-refractivity contribution is 5.37. The Kier molecular flexibility index (Phi) is 4.98. The molecule has 5 nitrogen and oxygen atoms in total. The molecule has 0 radical (unpaired) electrons. The molecule has 3 N–H and O–H groups in total. The van der Waals surface area contributed by atoms with Gasteiger partial charge in [-0.2, -0.15) is 0 Å². The van der Waals surface area contributed by atoms with Crippen molar-refractivity contribution in [3.63, 3.8) is 0 Å². The maximum absolute atomic E-state index is 5.53. The molecule has 90 valence electrons. The zero-order chi connectivity index (χ0) is 12.0. The van der Waals surface area contributed by atoms with E-state index in [1.165, 1.54) is 6.33 Å². The van der Waals surface area contributed by atoms with Crippen molar-refractivity contribution in [3.05, 3.63) is 12.4 Å². The fourth-order valence-corrected chi connectivity index (χ4v) is 1.10. The van der Waals surface area contributed by atoms with Crippen LogP contribution in [0.5, 0.6) is 5.88 Å². The van der Waals surface area contributed by atoms with Gasteiger partial charge in [0.1, 0.15) is 12.1 Å². The minimum atomic E-state index is 0.116. The highest BCUT2D eigenvalue weighted by Gasteiger charge is 2.03. The highest BCUT2D eigenvalue weighted by atomic mass is 16.5. The van der Waals surface area contributed by atoms with Gasteiger partial charge >= 0.3 is 0 Å². The van der Waals surface area contributed by atoms with Crippen molar-refractivity contribution >= 4 is 5.82 Å². The van der Waals surface area contributed by atoms with E-state index in [1.54, 1.807) is 6.07 Å². The van der Waals surface area contributed by atoms with E-state index in [1.807, 2.05) is 13.8 Å². The standard InChI is InChI=1S/C11H20N4O/c1-8(2)16-11-4-10(14-7-15-11)13-6-9(3)5-12/h4,7-9H,5-6,12H2,1-3H3,(H,13,14,15). The van der Waals surface area contributed by atoms with Gasteiger partial charge in [-0.1, -0.05) is 6.92 Å². The Labute approximate surface area is 96.4 Å². The number of hydrogen-bond donors (Lipinski definition) is 2. The molecule has 1 unspecified atom stereocenters. The first kappa shape index (κ1) is 12.7. The number of ether oxygens (including phenoxy) is 1. The monoisotopic (exact) mass is 224 g/mol. The number of hydrogen-bond acceptors (Lipinski definition) is 5. The molecule has 0 aliphatic carbocycles. The molecule has 0 aromatic carbocycles. The van der Waals surface area contributed by atoms with Crippen LogP contribution in [0.1, 0.15) is 20.8 Å². The van der Waals surface area contributed by atoms with Crippen LogP contribution in [0.15, 0.2) is 12.4 Å². The molecular formula is C11H20N4O. The first-order chi connectivity index (χ1) is 7.61. The number of nitrogens with one attached hydrogen (secondary N) is 1. The third-order valence-corrected chi connectivity index (χ3v) is 2.03. The van der Waals surface area contributed by atoms with E-state index >= 15 is 0 Å². The average molecular weight is 224 g/mol. The number of rotatable bonds is 6. The molecule has 1 rings (SSSR count). The summed E-state index contributed by atoms with van der Waals surface area (Å²) < 4.78 is 5.47. The van der Waals surface area contributed by atoms with Crippen LogP contribution in [-0.2, 0) is 0 Å². The number of nitrogens with two attached hydrogens (primary N) is 1. The van der Waals surface area contributed by atoms with Crippen molar-refractivity contribution in [1.29, 1.82) is 0 Å². The molecule has 1 heterocycles. The van der Waals surface area contributed by atoms with Crippen LogP contribution >= 0.6 is 0 Å². The summed E-state index contributed by atoms with van der Waals surface area (Å²) in [6.45, 7) is 7.47. The minimum Gasteiger partial charge on any atom is -0.475 e. The van der Waals surface area contributed by atoms with E-state index in [0.29, 0.717) is 18.3 Å². The van der Waals surface area contributed by atoms with Crippen molar-refractivity contribution in [2.24, 2.45) is 11.7 Å². The van der Waals surface area contributed by atoms with E-state index in [2.05, 4.69) is 22.2 Å². The van der Waals surface area contributed by atoms with E-state index in [-0.39, 0.29) is 6.10 Å². The predicted octanol–water partition coefficient (Wildman–Crippen LogP) is 1.27. The van der Waals surface area contributed by atoms with Crippen molar-refractivity contribution in [2.45, 2.75) is 26.9 Å². The largest absolute Gasteiger partial charge is 0.475 e. The quantitative estimate of drug-likeness (QED) is 0.761. The lowest BCUT2D eigenvalue weighted by molar-refractivity contribution is 0.232. The Morgan fingerprint density at radius 1 is 1.38 bits per heavy atom. The molecule has 0 saturated heterocycles. The van der Waals surface area contributed by atoms with Gasteiger partial charge in [-0.05, 0) is 26.3 Å². The summed E-state index contributed by atoms with van der Waals surface area (Å²) in [6, 6.07) is 1.79. The first-order valence-corrected chi connectivity index (χ1v) is 5.54. The van der Waals surface area contributed by atoms with E-state index in [0.717, 1.165) is 12.4 Å². The maximum atomic E-state index is 5.53. The van der Waals surface area contributed by atoms with Crippen LogP contribution in [-0.4, -0.2) is 29.2 Å². The molecular weight excluding hydrogens is 204 g/mol. The number of anilines is 1. The molecule has 0 aliphatic heterocycles. The molecule has 0 saturated carbocycles. The lowest BCUT2D eigenvalue weighted by Crippen LogP contribution is -2.20. The topological polar surface area (TPSA) is 73.1 Å². The molecule has 5 heteroatoms. The fraction of sp³-hybridized carbons (Fsp3) is 0.636. The van der Waals surface area contributed by atoms with Crippen molar-refractivity contribution in [2.75, 3.05) is 18.4 Å². The molecule has 0 amide bonds. The summed E-state index contributed by atoms with van der Waals surface area (Å²) in [7, 11) is 0. The van der Waals surface area contributed by atoms with Gasteiger partial charge in [0, 0.05) is 12.6 Å². The molecule has 0 fully saturated rings. The molecule has 16 heavy (non-hydrogen) atoms. The smallest absolute Gasteiger partial charge is 0.218 e. The lowest BCUT2D eigenvalue weighted by atomic mass is 10.2. The van der Waals surface area contributed by atoms with Crippen molar-refractivity contribution in [1.82, 2.24) is 9.97 Å². The predicted molar refractivity (Wildman–Crippen MR) is 64.5 cm³/mol. The molecule has 0 spiro atoms. The molecule has 1 atom stereocenters. The van der Waals surface area contributed by atoms with Gasteiger partial charge in [0.25, 0.3) is 0 Å². The zero-order valence-corrected chi connectivity index (χ0v) is 10.1. The van der Waals surface area contributed by atoms with Gasteiger partial charge in [-0.25, -0.2) is 9.97 Å². The summed E-state index contributed by atoms with van der Waals surface area (Å²) in [5.74, 6) is 1.78. The minimum absolute atomic E-state index is 0.116. The second-order valence-corrected chi connectivity index (χ2v) is 4.13. The molecule has 1 aromatic heterocycles. The summed E-state index contributed by atoms with van der Waals surface area (Å²) >= 11 is 0. The average Bonchev–Trinajstić information content (AvgIpc) is 2.25.